The largest absolute Gasteiger partial charge is 0.378 e. The number of pyridine rings is 1. The van der Waals surface area contributed by atoms with Crippen LogP contribution in [0.2, 0.25) is 0 Å². The van der Waals surface area contributed by atoms with Gasteiger partial charge in [0.15, 0.2) is 0 Å². The summed E-state index contributed by atoms with van der Waals surface area (Å²) in [4.78, 5) is 19.7. The number of rotatable bonds is 2. The average Bonchev–Trinajstić information content (AvgIpc) is 2.68. The predicted molar refractivity (Wildman–Crippen MR) is 103 cm³/mol. The van der Waals surface area contributed by atoms with E-state index in [9.17, 15) is 4.79 Å². The first-order valence-electron chi connectivity index (χ1n) is 8.98. The van der Waals surface area contributed by atoms with E-state index >= 15 is 0 Å². The Morgan fingerprint density at radius 2 is 1.77 bits per heavy atom. The van der Waals surface area contributed by atoms with Crippen molar-refractivity contribution in [1.29, 1.82) is 0 Å². The average molecular weight is 346 g/mol. The molecule has 1 aromatic heterocycles. The van der Waals surface area contributed by atoms with Gasteiger partial charge in [0.25, 0.3) is 5.91 Å². The molecule has 3 aromatic rings. The Labute approximate surface area is 153 Å². The molecule has 1 aliphatic heterocycles. The topological polar surface area (TPSA) is 42.4 Å². The van der Waals surface area contributed by atoms with Crippen LogP contribution in [0.4, 0.5) is 0 Å². The Kier molecular flexibility index (Phi) is 4.43. The number of ether oxygens (including phenoxy) is 1. The smallest absolute Gasteiger partial charge is 0.254 e. The minimum Gasteiger partial charge on any atom is -0.378 e. The predicted octanol–water partition coefficient (Wildman–Crippen LogP) is 3.99. The van der Waals surface area contributed by atoms with Crippen LogP contribution in [0.1, 0.15) is 21.6 Å². The lowest BCUT2D eigenvalue weighted by atomic mass is 9.98. The van der Waals surface area contributed by atoms with Gasteiger partial charge >= 0.3 is 0 Å². The molecule has 0 bridgehead atoms. The number of carbonyl (C=O) groups is 1. The molecule has 0 spiro atoms. The van der Waals surface area contributed by atoms with Crippen molar-refractivity contribution in [2.24, 2.45) is 0 Å². The number of carbonyl (C=O) groups excluding carboxylic acids is 1. The van der Waals surface area contributed by atoms with Gasteiger partial charge in [-0.1, -0.05) is 48.0 Å². The van der Waals surface area contributed by atoms with Crippen LogP contribution >= 0.6 is 0 Å². The van der Waals surface area contributed by atoms with Crippen molar-refractivity contribution in [3.63, 3.8) is 0 Å². The van der Waals surface area contributed by atoms with Crippen LogP contribution in [0.3, 0.4) is 0 Å². The fraction of sp³-hybridized carbons (Fsp3) is 0.273. The lowest BCUT2D eigenvalue weighted by Gasteiger charge is -2.27. The van der Waals surface area contributed by atoms with Gasteiger partial charge in [0, 0.05) is 29.7 Å². The molecule has 0 unspecified atom stereocenters. The molecular formula is C22H22N2O2. The van der Waals surface area contributed by atoms with Gasteiger partial charge in [-0.05, 0) is 25.5 Å². The number of para-hydroxylation sites is 1. The number of hydrogen-bond donors (Lipinski definition) is 0. The molecule has 1 fully saturated rings. The summed E-state index contributed by atoms with van der Waals surface area (Å²) >= 11 is 0. The van der Waals surface area contributed by atoms with E-state index in [1.54, 1.807) is 0 Å². The summed E-state index contributed by atoms with van der Waals surface area (Å²) in [5, 5.41) is 0.908. The van der Waals surface area contributed by atoms with Crippen molar-refractivity contribution in [2.75, 3.05) is 26.3 Å². The highest BCUT2D eigenvalue weighted by atomic mass is 16.5. The molecule has 26 heavy (non-hydrogen) atoms. The SMILES string of the molecule is Cc1ccc(-c2cccc3c(C(=O)N4CCOCC4)cc(C)nc23)cc1. The Balaban J connectivity index is 1.86. The molecule has 0 N–H and O–H groups in total. The number of aryl methyl sites for hydroxylation is 2. The standard InChI is InChI=1S/C22H22N2O2/c1-15-6-8-17(9-7-15)18-4-3-5-19-20(14-16(2)23-21(18)19)22(25)24-10-12-26-13-11-24/h3-9,14H,10-13H2,1-2H3. The Morgan fingerprint density at radius 3 is 2.50 bits per heavy atom. The monoisotopic (exact) mass is 346 g/mol. The second-order valence-electron chi connectivity index (χ2n) is 6.78. The van der Waals surface area contributed by atoms with E-state index in [-0.39, 0.29) is 5.91 Å². The first-order chi connectivity index (χ1) is 12.6. The van der Waals surface area contributed by atoms with Crippen LogP contribution in [0.25, 0.3) is 22.0 Å². The third-order valence-electron chi connectivity index (χ3n) is 4.86. The summed E-state index contributed by atoms with van der Waals surface area (Å²) in [6.07, 6.45) is 0. The van der Waals surface area contributed by atoms with Gasteiger partial charge in [0.05, 0.1) is 24.3 Å². The molecule has 4 heteroatoms. The maximum absolute atomic E-state index is 13.1. The van der Waals surface area contributed by atoms with Crippen LogP contribution in [0, 0.1) is 13.8 Å². The number of amides is 1. The molecule has 1 aliphatic rings. The van der Waals surface area contributed by atoms with E-state index in [4.69, 9.17) is 9.72 Å². The molecule has 0 atom stereocenters. The molecule has 2 aromatic carbocycles. The van der Waals surface area contributed by atoms with Gasteiger partial charge in [0.2, 0.25) is 0 Å². The van der Waals surface area contributed by atoms with Crippen molar-refractivity contribution in [1.82, 2.24) is 9.88 Å². The summed E-state index contributed by atoms with van der Waals surface area (Å²) in [6, 6.07) is 16.4. The molecule has 0 saturated carbocycles. The lowest BCUT2D eigenvalue weighted by Crippen LogP contribution is -2.40. The molecule has 1 amide bonds. The summed E-state index contributed by atoms with van der Waals surface area (Å²) in [6.45, 7) is 6.50. The Morgan fingerprint density at radius 1 is 1.04 bits per heavy atom. The van der Waals surface area contributed by atoms with E-state index in [1.165, 1.54) is 5.56 Å². The first-order valence-corrected chi connectivity index (χ1v) is 8.98. The van der Waals surface area contributed by atoms with Crippen molar-refractivity contribution < 1.29 is 9.53 Å². The van der Waals surface area contributed by atoms with Gasteiger partial charge in [-0.15, -0.1) is 0 Å². The highest BCUT2D eigenvalue weighted by molar-refractivity contribution is 6.09. The summed E-state index contributed by atoms with van der Waals surface area (Å²) < 4.78 is 5.38. The van der Waals surface area contributed by atoms with Crippen LogP contribution in [0.15, 0.2) is 48.5 Å². The zero-order valence-electron chi connectivity index (χ0n) is 15.2. The third-order valence-corrected chi connectivity index (χ3v) is 4.86. The van der Waals surface area contributed by atoms with Gasteiger partial charge in [0.1, 0.15) is 0 Å². The zero-order chi connectivity index (χ0) is 18.1. The van der Waals surface area contributed by atoms with Gasteiger partial charge < -0.3 is 9.64 Å². The summed E-state index contributed by atoms with van der Waals surface area (Å²) in [5.74, 6) is 0.0601. The van der Waals surface area contributed by atoms with E-state index in [1.807, 2.05) is 30.0 Å². The highest BCUT2D eigenvalue weighted by Gasteiger charge is 2.22. The molecule has 4 nitrogen and oxygen atoms in total. The minimum atomic E-state index is 0.0601. The van der Waals surface area contributed by atoms with Gasteiger partial charge in [-0.25, -0.2) is 0 Å². The highest BCUT2D eigenvalue weighted by Crippen LogP contribution is 2.30. The van der Waals surface area contributed by atoms with Crippen LogP contribution in [-0.2, 0) is 4.74 Å². The molecule has 0 aliphatic carbocycles. The maximum Gasteiger partial charge on any atom is 0.254 e. The molecule has 132 valence electrons. The van der Waals surface area contributed by atoms with Gasteiger partial charge in [-0.2, -0.15) is 0 Å². The van der Waals surface area contributed by atoms with Crippen LogP contribution in [-0.4, -0.2) is 42.1 Å². The number of morpholine rings is 1. The molecule has 2 heterocycles. The fourth-order valence-electron chi connectivity index (χ4n) is 3.46. The first kappa shape index (κ1) is 16.7. The Bertz CT molecular complexity index is 958. The van der Waals surface area contributed by atoms with Crippen molar-refractivity contribution in [3.05, 3.63) is 65.4 Å². The number of nitrogens with zero attached hydrogens (tertiary/aromatic N) is 2. The summed E-state index contributed by atoms with van der Waals surface area (Å²) in [5.41, 5.74) is 5.86. The number of aromatic nitrogens is 1. The molecule has 4 rings (SSSR count). The summed E-state index contributed by atoms with van der Waals surface area (Å²) in [7, 11) is 0. The van der Waals surface area contributed by atoms with Crippen molar-refractivity contribution in [3.8, 4) is 11.1 Å². The number of fused-ring (bicyclic) bond motifs is 1. The molecule has 0 radical (unpaired) electrons. The van der Waals surface area contributed by atoms with Crippen LogP contribution < -0.4 is 0 Å². The van der Waals surface area contributed by atoms with Crippen molar-refractivity contribution in [2.45, 2.75) is 13.8 Å². The second-order valence-corrected chi connectivity index (χ2v) is 6.78. The van der Waals surface area contributed by atoms with E-state index in [2.05, 4.69) is 37.3 Å². The zero-order valence-corrected chi connectivity index (χ0v) is 15.2. The quantitative estimate of drug-likeness (QED) is 0.704. The van der Waals surface area contributed by atoms with Crippen LogP contribution in [0.5, 0.6) is 0 Å². The fourth-order valence-corrected chi connectivity index (χ4v) is 3.46. The van der Waals surface area contributed by atoms with Gasteiger partial charge in [-0.3, -0.25) is 9.78 Å². The lowest BCUT2D eigenvalue weighted by molar-refractivity contribution is 0.0304. The van der Waals surface area contributed by atoms with Crippen molar-refractivity contribution >= 4 is 16.8 Å². The molecular weight excluding hydrogens is 324 g/mol. The molecule has 1 saturated heterocycles. The second kappa shape index (κ2) is 6.89. The Hall–Kier alpha value is -2.72. The number of hydrogen-bond acceptors (Lipinski definition) is 3. The normalized spacial score (nSPS) is 14.6. The van der Waals surface area contributed by atoms with E-state index < -0.39 is 0 Å². The van der Waals surface area contributed by atoms with E-state index in [0.717, 1.165) is 33.3 Å². The van der Waals surface area contributed by atoms with E-state index in [0.29, 0.717) is 26.3 Å². The minimum absolute atomic E-state index is 0.0601. The maximum atomic E-state index is 13.1. The number of benzene rings is 2. The third kappa shape index (κ3) is 3.08.